The fourth-order valence-electron chi connectivity index (χ4n) is 1.92. The Kier molecular flexibility index (Phi) is 5.12. The largest absolute Gasteiger partial charge is 0.481 e. The Morgan fingerprint density at radius 2 is 1.83 bits per heavy atom. The molecule has 2 atom stereocenters. The van der Waals surface area contributed by atoms with Crippen molar-refractivity contribution < 1.29 is 19.5 Å². The van der Waals surface area contributed by atoms with E-state index in [0.29, 0.717) is 19.5 Å². The third-order valence-electron chi connectivity index (χ3n) is 3.20. The molecule has 0 spiro atoms. The molecule has 0 heterocycles. The van der Waals surface area contributed by atoms with Crippen LogP contribution in [0.2, 0.25) is 0 Å². The van der Waals surface area contributed by atoms with Gasteiger partial charge in [-0.05, 0) is 20.3 Å². The molecule has 102 valence electrons. The average Bonchev–Trinajstić information content (AvgIpc) is 3.10. The number of aliphatic carboxylic acids is 1. The van der Waals surface area contributed by atoms with Gasteiger partial charge in [0.05, 0.1) is 11.8 Å². The van der Waals surface area contributed by atoms with Crippen LogP contribution in [0.5, 0.6) is 0 Å². The van der Waals surface area contributed by atoms with Crippen molar-refractivity contribution in [1.82, 2.24) is 10.2 Å². The third-order valence-corrected chi connectivity index (χ3v) is 3.20. The molecular weight excluding hydrogens is 236 g/mol. The fourth-order valence-corrected chi connectivity index (χ4v) is 1.92. The van der Waals surface area contributed by atoms with E-state index in [4.69, 9.17) is 5.11 Å². The van der Waals surface area contributed by atoms with Crippen molar-refractivity contribution in [2.75, 3.05) is 19.6 Å². The first-order valence-corrected chi connectivity index (χ1v) is 6.29. The van der Waals surface area contributed by atoms with E-state index in [0.717, 1.165) is 0 Å². The molecule has 0 aromatic rings. The van der Waals surface area contributed by atoms with Gasteiger partial charge in [0.15, 0.2) is 0 Å². The summed E-state index contributed by atoms with van der Waals surface area (Å²) in [5, 5.41) is 11.3. The lowest BCUT2D eigenvalue weighted by atomic mass is 10.3. The van der Waals surface area contributed by atoms with Gasteiger partial charge < -0.3 is 15.3 Å². The van der Waals surface area contributed by atoms with Crippen molar-refractivity contribution in [3.8, 4) is 0 Å². The number of nitrogens with zero attached hydrogens (tertiary/aromatic N) is 1. The van der Waals surface area contributed by atoms with E-state index in [9.17, 15) is 14.4 Å². The summed E-state index contributed by atoms with van der Waals surface area (Å²) >= 11 is 0. The molecule has 2 unspecified atom stereocenters. The summed E-state index contributed by atoms with van der Waals surface area (Å²) in [6.45, 7) is 5.40. The lowest BCUT2D eigenvalue weighted by Gasteiger charge is -2.18. The van der Waals surface area contributed by atoms with E-state index in [1.54, 1.807) is 4.90 Å². The fraction of sp³-hybridized carbons (Fsp3) is 0.750. The van der Waals surface area contributed by atoms with Gasteiger partial charge >= 0.3 is 5.97 Å². The van der Waals surface area contributed by atoms with Crippen molar-refractivity contribution in [3.05, 3.63) is 0 Å². The number of hydrogen-bond donors (Lipinski definition) is 2. The van der Waals surface area contributed by atoms with Crippen LogP contribution in [0.25, 0.3) is 0 Å². The minimum Gasteiger partial charge on any atom is -0.481 e. The summed E-state index contributed by atoms with van der Waals surface area (Å²) in [6.07, 6.45) is 0.670. The van der Waals surface area contributed by atoms with Crippen molar-refractivity contribution >= 4 is 17.8 Å². The van der Waals surface area contributed by atoms with Crippen LogP contribution in [0.15, 0.2) is 0 Å². The number of rotatable bonds is 7. The van der Waals surface area contributed by atoms with Crippen LogP contribution in [-0.4, -0.2) is 47.4 Å². The van der Waals surface area contributed by atoms with E-state index < -0.39 is 17.8 Å². The smallest absolute Gasteiger partial charge is 0.307 e. The Hall–Kier alpha value is -1.59. The average molecular weight is 256 g/mol. The molecule has 6 heteroatoms. The minimum atomic E-state index is -0.922. The van der Waals surface area contributed by atoms with Crippen molar-refractivity contribution in [2.45, 2.75) is 26.7 Å². The van der Waals surface area contributed by atoms with Gasteiger partial charge in [-0.15, -0.1) is 0 Å². The Labute approximate surface area is 106 Å². The molecule has 0 aromatic carbocycles. The van der Waals surface area contributed by atoms with Crippen LogP contribution in [0.3, 0.4) is 0 Å². The number of amides is 2. The molecule has 0 saturated heterocycles. The lowest BCUT2D eigenvalue weighted by Crippen LogP contribution is -2.35. The molecular formula is C12H20N2O4. The van der Waals surface area contributed by atoms with Gasteiger partial charge in [-0.1, -0.05) is 0 Å². The lowest BCUT2D eigenvalue weighted by molar-refractivity contribution is -0.140. The molecule has 0 aliphatic heterocycles. The first kappa shape index (κ1) is 14.5. The highest BCUT2D eigenvalue weighted by atomic mass is 16.4. The monoisotopic (exact) mass is 256 g/mol. The molecule has 1 saturated carbocycles. The molecule has 0 radical (unpaired) electrons. The minimum absolute atomic E-state index is 0.00545. The summed E-state index contributed by atoms with van der Waals surface area (Å²) in [4.78, 5) is 35.4. The Bertz CT molecular complexity index is 339. The number of carboxylic acids is 1. The van der Waals surface area contributed by atoms with E-state index in [-0.39, 0.29) is 24.8 Å². The maximum atomic E-state index is 11.6. The van der Waals surface area contributed by atoms with Crippen molar-refractivity contribution in [1.29, 1.82) is 0 Å². The van der Waals surface area contributed by atoms with Crippen LogP contribution in [-0.2, 0) is 14.4 Å². The molecule has 0 aromatic heterocycles. The SMILES string of the molecule is CCN(CC)C(=O)CCNC(=O)C1CC1C(=O)O. The zero-order valence-corrected chi connectivity index (χ0v) is 10.8. The Morgan fingerprint density at radius 3 is 2.28 bits per heavy atom. The standard InChI is InChI=1S/C12H20N2O4/c1-3-14(4-2)10(15)5-6-13-11(16)8-7-9(8)12(17)18/h8-9H,3-7H2,1-2H3,(H,13,16)(H,17,18). The van der Waals surface area contributed by atoms with Crippen LogP contribution in [0.4, 0.5) is 0 Å². The zero-order chi connectivity index (χ0) is 13.7. The van der Waals surface area contributed by atoms with Gasteiger partial charge in [-0.25, -0.2) is 0 Å². The van der Waals surface area contributed by atoms with Crippen LogP contribution >= 0.6 is 0 Å². The quantitative estimate of drug-likeness (QED) is 0.675. The first-order chi connectivity index (χ1) is 8.51. The molecule has 6 nitrogen and oxygen atoms in total. The molecule has 2 amide bonds. The van der Waals surface area contributed by atoms with Gasteiger partial charge in [0.25, 0.3) is 0 Å². The van der Waals surface area contributed by atoms with E-state index in [1.165, 1.54) is 0 Å². The molecule has 1 aliphatic carbocycles. The number of carbonyl (C=O) groups excluding carboxylic acids is 2. The van der Waals surface area contributed by atoms with Gasteiger partial charge in [0.1, 0.15) is 0 Å². The van der Waals surface area contributed by atoms with Gasteiger partial charge in [-0.2, -0.15) is 0 Å². The first-order valence-electron chi connectivity index (χ1n) is 6.29. The number of nitrogens with one attached hydrogen (secondary N) is 1. The predicted molar refractivity (Wildman–Crippen MR) is 64.8 cm³/mol. The number of carboxylic acid groups (broad SMARTS) is 1. The second kappa shape index (κ2) is 6.37. The van der Waals surface area contributed by atoms with Gasteiger partial charge in [0, 0.05) is 26.1 Å². The van der Waals surface area contributed by atoms with Crippen LogP contribution in [0.1, 0.15) is 26.7 Å². The second-order valence-corrected chi connectivity index (χ2v) is 4.39. The molecule has 1 aliphatic rings. The van der Waals surface area contributed by atoms with E-state index in [1.807, 2.05) is 13.8 Å². The van der Waals surface area contributed by atoms with Crippen LogP contribution in [0, 0.1) is 11.8 Å². The number of carbonyl (C=O) groups is 3. The summed E-state index contributed by atoms with van der Waals surface area (Å²) in [5.74, 6) is -2.12. The Balaban J connectivity index is 2.20. The van der Waals surface area contributed by atoms with E-state index in [2.05, 4.69) is 5.32 Å². The van der Waals surface area contributed by atoms with Crippen molar-refractivity contribution in [3.63, 3.8) is 0 Å². The summed E-state index contributed by atoms with van der Waals surface area (Å²) in [7, 11) is 0. The van der Waals surface area contributed by atoms with Crippen molar-refractivity contribution in [2.24, 2.45) is 11.8 Å². The predicted octanol–water partition coefficient (Wildman–Crippen LogP) is 0.0818. The van der Waals surface area contributed by atoms with Crippen LogP contribution < -0.4 is 5.32 Å². The van der Waals surface area contributed by atoms with Gasteiger partial charge in [0.2, 0.25) is 11.8 Å². The molecule has 2 N–H and O–H groups in total. The molecule has 18 heavy (non-hydrogen) atoms. The van der Waals surface area contributed by atoms with E-state index >= 15 is 0 Å². The third kappa shape index (κ3) is 3.72. The molecule has 1 fully saturated rings. The Morgan fingerprint density at radius 1 is 1.22 bits per heavy atom. The summed E-state index contributed by atoms with van der Waals surface area (Å²) in [5.41, 5.74) is 0. The highest BCUT2D eigenvalue weighted by Crippen LogP contribution is 2.38. The summed E-state index contributed by atoms with van der Waals surface area (Å²) in [6, 6.07) is 0. The highest BCUT2D eigenvalue weighted by Gasteiger charge is 2.48. The zero-order valence-electron chi connectivity index (χ0n) is 10.8. The maximum absolute atomic E-state index is 11.6. The molecule has 0 bridgehead atoms. The summed E-state index contributed by atoms with van der Waals surface area (Å²) < 4.78 is 0. The normalized spacial score (nSPS) is 21.2. The maximum Gasteiger partial charge on any atom is 0.307 e. The second-order valence-electron chi connectivity index (χ2n) is 4.39. The topological polar surface area (TPSA) is 86.7 Å². The number of hydrogen-bond acceptors (Lipinski definition) is 3. The highest BCUT2D eigenvalue weighted by molar-refractivity contribution is 5.89. The van der Waals surface area contributed by atoms with Gasteiger partial charge in [-0.3, -0.25) is 14.4 Å². The molecule has 1 rings (SSSR count).